The number of benzene rings is 1. The second-order valence-corrected chi connectivity index (χ2v) is 5.90. The fourth-order valence-electron chi connectivity index (χ4n) is 2.87. The molecule has 0 bridgehead atoms. The molecule has 2 rings (SSSR count). The largest absolute Gasteiger partial charge is 0.496 e. The Morgan fingerprint density at radius 2 is 1.88 bits per heavy atom. The number of hydrogen-bond donors (Lipinski definition) is 4. The molecule has 1 aromatic rings. The van der Waals surface area contributed by atoms with Crippen molar-refractivity contribution in [3.63, 3.8) is 0 Å². The van der Waals surface area contributed by atoms with Crippen LogP contribution in [0, 0.1) is 0 Å². The van der Waals surface area contributed by atoms with Crippen LogP contribution in [0.5, 0.6) is 5.75 Å². The molecule has 0 radical (unpaired) electrons. The van der Waals surface area contributed by atoms with Gasteiger partial charge in [-0.15, -0.1) is 0 Å². The zero-order valence-electron chi connectivity index (χ0n) is 14.2. The average molecular weight is 356 g/mol. The minimum atomic E-state index is -1.47. The molecule has 1 heterocycles. The molecule has 0 aliphatic carbocycles. The van der Waals surface area contributed by atoms with E-state index in [-0.39, 0.29) is 12.4 Å². The second kappa shape index (κ2) is 8.59. The van der Waals surface area contributed by atoms with Crippen molar-refractivity contribution < 1.29 is 39.4 Å². The first kappa shape index (κ1) is 19.6. The van der Waals surface area contributed by atoms with Crippen LogP contribution in [-0.2, 0) is 20.7 Å². The van der Waals surface area contributed by atoms with Gasteiger partial charge in [-0.1, -0.05) is 6.07 Å². The smallest absolute Gasteiger partial charge is 0.305 e. The highest BCUT2D eigenvalue weighted by molar-refractivity contribution is 5.69. The van der Waals surface area contributed by atoms with Gasteiger partial charge in [0.25, 0.3) is 0 Å². The van der Waals surface area contributed by atoms with Crippen molar-refractivity contribution in [2.75, 3.05) is 20.8 Å². The highest BCUT2D eigenvalue weighted by Crippen LogP contribution is 2.37. The summed E-state index contributed by atoms with van der Waals surface area (Å²) in [6.45, 7) is -0.508. The Hall–Kier alpha value is -1.71. The van der Waals surface area contributed by atoms with Crippen LogP contribution in [0.2, 0.25) is 0 Å². The van der Waals surface area contributed by atoms with Gasteiger partial charge >= 0.3 is 5.97 Å². The number of esters is 1. The standard InChI is InChI=1S/C17H24O8/c1-23-11-5-3-9(4-6-13(19)24-2)7-10(11)17-16(22)15(21)14(20)12(8-18)25-17/h3,5,7,12,14-18,20-22H,4,6,8H2,1-2H3/t12-,14-,15+,16-,17-/m1/s1. The van der Waals surface area contributed by atoms with Crippen LogP contribution in [0.4, 0.5) is 0 Å². The molecule has 0 aromatic heterocycles. The molecule has 0 saturated carbocycles. The molecule has 1 aliphatic rings. The van der Waals surface area contributed by atoms with Gasteiger partial charge in [0.05, 0.1) is 20.8 Å². The Balaban J connectivity index is 2.30. The molecule has 4 N–H and O–H groups in total. The summed E-state index contributed by atoms with van der Waals surface area (Å²) in [5, 5.41) is 39.5. The Bertz CT molecular complexity index is 588. The van der Waals surface area contributed by atoms with Gasteiger partial charge in [0.1, 0.15) is 36.3 Å². The van der Waals surface area contributed by atoms with Gasteiger partial charge in [-0.25, -0.2) is 0 Å². The zero-order chi connectivity index (χ0) is 18.6. The van der Waals surface area contributed by atoms with E-state index in [1.165, 1.54) is 14.2 Å². The van der Waals surface area contributed by atoms with Crippen LogP contribution in [0.15, 0.2) is 18.2 Å². The third kappa shape index (κ3) is 4.28. The molecule has 1 saturated heterocycles. The fraction of sp³-hybridized carbons (Fsp3) is 0.588. The molecule has 8 heteroatoms. The van der Waals surface area contributed by atoms with Crippen LogP contribution >= 0.6 is 0 Å². The average Bonchev–Trinajstić information content (AvgIpc) is 2.64. The Morgan fingerprint density at radius 3 is 2.48 bits per heavy atom. The SMILES string of the molecule is COC(=O)CCc1ccc(OC)c([C@H]2O[C@H](CO)[C@@H](O)[C@H](O)[C@H]2O)c1. The van der Waals surface area contributed by atoms with Gasteiger partial charge in [-0.05, 0) is 24.1 Å². The number of hydrogen-bond acceptors (Lipinski definition) is 8. The van der Waals surface area contributed by atoms with Crippen molar-refractivity contribution in [2.24, 2.45) is 0 Å². The molecule has 1 aromatic carbocycles. The molecule has 1 fully saturated rings. The van der Waals surface area contributed by atoms with Gasteiger partial charge in [0.15, 0.2) is 0 Å². The molecular formula is C17H24O8. The van der Waals surface area contributed by atoms with E-state index >= 15 is 0 Å². The van der Waals surface area contributed by atoms with Gasteiger partial charge in [-0.2, -0.15) is 0 Å². The maximum atomic E-state index is 11.3. The molecule has 0 unspecified atom stereocenters. The van der Waals surface area contributed by atoms with Crippen LogP contribution in [-0.4, -0.2) is 71.6 Å². The summed E-state index contributed by atoms with van der Waals surface area (Å²) in [6.07, 6.45) is -5.69. The second-order valence-electron chi connectivity index (χ2n) is 5.90. The number of carbonyl (C=O) groups excluding carboxylic acids is 1. The molecule has 0 spiro atoms. The predicted octanol–water partition coefficient (Wildman–Crippen LogP) is -0.684. The Kier molecular flexibility index (Phi) is 6.74. The van der Waals surface area contributed by atoms with Crippen molar-refractivity contribution in [1.82, 2.24) is 0 Å². The highest BCUT2D eigenvalue weighted by Gasteiger charge is 2.44. The van der Waals surface area contributed by atoms with Gasteiger partial charge in [-0.3, -0.25) is 4.79 Å². The van der Waals surface area contributed by atoms with Crippen molar-refractivity contribution in [2.45, 2.75) is 43.4 Å². The fourth-order valence-corrected chi connectivity index (χ4v) is 2.87. The topological polar surface area (TPSA) is 126 Å². The zero-order valence-corrected chi connectivity index (χ0v) is 14.2. The first-order chi connectivity index (χ1) is 11.9. The summed E-state index contributed by atoms with van der Waals surface area (Å²) in [4.78, 5) is 11.3. The monoisotopic (exact) mass is 356 g/mol. The highest BCUT2D eigenvalue weighted by atomic mass is 16.5. The van der Waals surface area contributed by atoms with Gasteiger partial charge in [0.2, 0.25) is 0 Å². The summed E-state index contributed by atoms with van der Waals surface area (Å²) >= 11 is 0. The van der Waals surface area contributed by atoms with Crippen LogP contribution < -0.4 is 4.74 Å². The summed E-state index contributed by atoms with van der Waals surface area (Å²) in [7, 11) is 2.77. The van der Waals surface area contributed by atoms with Crippen molar-refractivity contribution in [1.29, 1.82) is 0 Å². The number of rotatable bonds is 6. The van der Waals surface area contributed by atoms with E-state index in [2.05, 4.69) is 4.74 Å². The summed E-state index contributed by atoms with van der Waals surface area (Å²) in [5.74, 6) is 0.0800. The van der Waals surface area contributed by atoms with Gasteiger partial charge < -0.3 is 34.6 Å². The number of aliphatic hydroxyl groups excluding tert-OH is 4. The normalized spacial score (nSPS) is 29.3. The molecular weight excluding hydrogens is 332 g/mol. The predicted molar refractivity (Wildman–Crippen MR) is 86.1 cm³/mol. The van der Waals surface area contributed by atoms with E-state index in [0.717, 1.165) is 5.56 Å². The molecule has 0 amide bonds. The minimum Gasteiger partial charge on any atom is -0.496 e. The molecule has 5 atom stereocenters. The van der Waals surface area contributed by atoms with E-state index < -0.39 is 37.1 Å². The Labute approximate surface area is 145 Å². The first-order valence-electron chi connectivity index (χ1n) is 7.97. The van der Waals surface area contributed by atoms with Gasteiger partial charge in [0, 0.05) is 12.0 Å². The van der Waals surface area contributed by atoms with Crippen LogP contribution in [0.3, 0.4) is 0 Å². The number of carbonyl (C=O) groups is 1. The van der Waals surface area contributed by atoms with Crippen molar-refractivity contribution >= 4 is 5.97 Å². The van der Waals surface area contributed by atoms with E-state index in [9.17, 15) is 25.2 Å². The summed E-state index contributed by atoms with van der Waals surface area (Å²) in [5.41, 5.74) is 1.25. The lowest BCUT2D eigenvalue weighted by Gasteiger charge is -2.40. The number of methoxy groups -OCH3 is 2. The maximum absolute atomic E-state index is 11.3. The maximum Gasteiger partial charge on any atom is 0.305 e. The summed E-state index contributed by atoms with van der Waals surface area (Å²) < 4.78 is 15.5. The lowest BCUT2D eigenvalue weighted by molar-refractivity contribution is -0.232. The molecule has 8 nitrogen and oxygen atoms in total. The van der Waals surface area contributed by atoms with Crippen molar-refractivity contribution in [3.05, 3.63) is 29.3 Å². The van der Waals surface area contributed by atoms with E-state index in [1.54, 1.807) is 18.2 Å². The molecule has 1 aliphatic heterocycles. The number of aliphatic hydroxyl groups is 4. The van der Waals surface area contributed by atoms with E-state index in [0.29, 0.717) is 17.7 Å². The third-order valence-electron chi connectivity index (χ3n) is 4.34. The quantitative estimate of drug-likeness (QED) is 0.494. The van der Waals surface area contributed by atoms with Crippen LogP contribution in [0.25, 0.3) is 0 Å². The lowest BCUT2D eigenvalue weighted by atomic mass is 9.90. The number of ether oxygens (including phenoxy) is 3. The lowest BCUT2D eigenvalue weighted by Crippen LogP contribution is -2.55. The first-order valence-corrected chi connectivity index (χ1v) is 7.97. The van der Waals surface area contributed by atoms with E-state index in [1.807, 2.05) is 0 Å². The number of aryl methyl sites for hydroxylation is 1. The summed E-state index contributed by atoms with van der Waals surface area (Å²) in [6, 6.07) is 5.15. The Morgan fingerprint density at radius 1 is 1.16 bits per heavy atom. The molecule has 140 valence electrons. The van der Waals surface area contributed by atoms with E-state index in [4.69, 9.17) is 9.47 Å². The van der Waals surface area contributed by atoms with Crippen LogP contribution in [0.1, 0.15) is 23.7 Å². The minimum absolute atomic E-state index is 0.191. The van der Waals surface area contributed by atoms with Crippen molar-refractivity contribution in [3.8, 4) is 5.75 Å². The third-order valence-corrected chi connectivity index (χ3v) is 4.34. The molecule has 25 heavy (non-hydrogen) atoms.